The Kier molecular flexibility index (Phi) is 8.61. The molecule has 0 spiro atoms. The number of tetrazole rings is 1. The summed E-state index contributed by atoms with van der Waals surface area (Å²) in [7, 11) is -2.32. The zero-order chi connectivity index (χ0) is 31.0. The van der Waals surface area contributed by atoms with Crippen molar-refractivity contribution in [1.82, 2.24) is 29.6 Å². The first kappa shape index (κ1) is 31.3. The Morgan fingerprint density at radius 2 is 1.74 bits per heavy atom. The Balaban J connectivity index is 1.67. The third kappa shape index (κ3) is 6.23. The molecule has 9 nitrogen and oxygen atoms in total. The summed E-state index contributed by atoms with van der Waals surface area (Å²) in [5.74, 6) is -1.68. The molecule has 0 aliphatic carbocycles. The van der Waals surface area contributed by atoms with Crippen LogP contribution in [0.25, 0.3) is 5.65 Å². The van der Waals surface area contributed by atoms with Crippen molar-refractivity contribution in [3.8, 4) is 5.75 Å². The number of nitrogens with zero attached hydrogens (tertiary/aromatic N) is 6. The number of Topliss-reactive ketones (excluding diaryl/α,β-unsaturated/α-hetero) is 1. The van der Waals surface area contributed by atoms with Gasteiger partial charge in [0.1, 0.15) is 23.9 Å². The van der Waals surface area contributed by atoms with Crippen LogP contribution in [0, 0.1) is 18.6 Å². The van der Waals surface area contributed by atoms with E-state index in [0.29, 0.717) is 5.69 Å². The normalized spacial score (nSPS) is 14.0. The molecule has 0 saturated heterocycles. The van der Waals surface area contributed by atoms with Crippen molar-refractivity contribution in [3.05, 3.63) is 70.9 Å². The van der Waals surface area contributed by atoms with E-state index in [9.17, 15) is 22.4 Å². The van der Waals surface area contributed by atoms with Gasteiger partial charge in [0.2, 0.25) is 0 Å². The molecular weight excluding hydrogens is 572 g/mol. The van der Waals surface area contributed by atoms with Crippen LogP contribution >= 0.6 is 0 Å². The van der Waals surface area contributed by atoms with Gasteiger partial charge in [-0.05, 0) is 61.5 Å². The molecule has 42 heavy (non-hydrogen) atoms. The lowest BCUT2D eigenvalue weighted by atomic mass is 9.84. The van der Waals surface area contributed by atoms with Gasteiger partial charge in [0.05, 0.1) is 16.7 Å². The van der Waals surface area contributed by atoms with Crippen LogP contribution in [-0.4, -0.2) is 50.3 Å². The zero-order valence-electron chi connectivity index (χ0n) is 24.6. The number of ketones is 1. The molecule has 0 amide bonds. The van der Waals surface area contributed by atoms with E-state index in [1.165, 1.54) is 10.5 Å². The third-order valence-electron chi connectivity index (χ3n) is 7.74. The van der Waals surface area contributed by atoms with Crippen molar-refractivity contribution in [2.24, 2.45) is 0 Å². The average Bonchev–Trinajstić information content (AvgIpc) is 3.52. The summed E-state index contributed by atoms with van der Waals surface area (Å²) in [5, 5.41) is 11.0. The molecule has 3 heterocycles. The fourth-order valence-electron chi connectivity index (χ4n) is 4.16. The monoisotopic (exact) mass is 606 g/mol. The first-order chi connectivity index (χ1) is 19.5. The van der Waals surface area contributed by atoms with E-state index in [-0.39, 0.29) is 63.7 Å². The molecule has 14 heteroatoms. The molecule has 0 fully saturated rings. The van der Waals surface area contributed by atoms with Crippen LogP contribution in [0.2, 0.25) is 18.1 Å². The van der Waals surface area contributed by atoms with Gasteiger partial charge in [0.15, 0.2) is 31.3 Å². The second-order valence-electron chi connectivity index (χ2n) is 12.0. The molecule has 1 atom stereocenters. The number of ether oxygens (including phenoxy) is 1. The molecule has 1 aromatic carbocycles. The second kappa shape index (κ2) is 11.6. The predicted molar refractivity (Wildman–Crippen MR) is 149 cm³/mol. The fourth-order valence-corrected chi connectivity index (χ4v) is 5.28. The van der Waals surface area contributed by atoms with Crippen LogP contribution < -0.4 is 4.74 Å². The van der Waals surface area contributed by atoms with E-state index < -0.39 is 31.9 Å². The van der Waals surface area contributed by atoms with Crippen molar-refractivity contribution >= 4 is 19.7 Å². The molecule has 0 N–H and O–H groups in total. The van der Waals surface area contributed by atoms with Crippen molar-refractivity contribution in [2.75, 3.05) is 6.61 Å². The van der Waals surface area contributed by atoms with Crippen LogP contribution in [0.3, 0.4) is 0 Å². The molecule has 0 radical (unpaired) electrons. The summed E-state index contributed by atoms with van der Waals surface area (Å²) in [6, 6.07) is 6.74. The van der Waals surface area contributed by atoms with Crippen LogP contribution in [0.15, 0.2) is 36.5 Å². The Morgan fingerprint density at radius 1 is 1.07 bits per heavy atom. The number of hydrogen-bond donors (Lipinski definition) is 0. The summed E-state index contributed by atoms with van der Waals surface area (Å²) in [4.78, 5) is 18.6. The molecule has 4 aromatic rings. The topological polar surface area (TPSA) is 96.4 Å². The minimum Gasteiger partial charge on any atom is -0.485 e. The predicted octanol–water partition coefficient (Wildman–Crippen LogP) is 6.43. The number of alkyl halides is 2. The lowest BCUT2D eigenvalue weighted by Crippen LogP contribution is -2.45. The maximum atomic E-state index is 14.1. The third-order valence-corrected chi connectivity index (χ3v) is 12.2. The standard InChI is InChI=1S/C28H34F4N6O3Si/c1-17-23(37-13-9-12-22(24(37)33-17)40-15-18-19(29)10-8-11-20(18)30)21(39)14-28(5,16-41-42(6,7)27(2,3)4)25-34-36-38(35-25)26(31)32/h8-13,26H,14-16H2,1-7H3/t28-/m0/s1. The number of fused-ring (bicyclic) bond motifs is 1. The number of carbonyl (C=O) groups is 1. The van der Waals surface area contributed by atoms with Crippen molar-refractivity contribution in [1.29, 1.82) is 0 Å². The lowest BCUT2D eigenvalue weighted by molar-refractivity contribution is 0.0389. The minimum atomic E-state index is -3.00. The number of benzene rings is 1. The maximum Gasteiger partial charge on any atom is 0.350 e. The van der Waals surface area contributed by atoms with E-state index in [1.807, 2.05) is 13.1 Å². The van der Waals surface area contributed by atoms with Gasteiger partial charge in [-0.15, -0.1) is 10.2 Å². The molecular formula is C28H34F4N6O3Si. The second-order valence-corrected chi connectivity index (χ2v) is 16.8. The van der Waals surface area contributed by atoms with Gasteiger partial charge >= 0.3 is 6.55 Å². The fraction of sp³-hybridized carbons (Fsp3) is 0.464. The molecule has 0 aliphatic heterocycles. The van der Waals surface area contributed by atoms with Crippen LogP contribution in [-0.2, 0) is 16.4 Å². The van der Waals surface area contributed by atoms with Gasteiger partial charge in [-0.25, -0.2) is 13.8 Å². The minimum absolute atomic E-state index is 0.00249. The van der Waals surface area contributed by atoms with E-state index in [2.05, 4.69) is 41.2 Å². The number of carbonyl (C=O) groups excluding carboxylic acids is 1. The SMILES string of the molecule is Cc1nc2c(OCc3c(F)cccc3F)cccn2c1C(=O)C[C@@](C)(CO[Si](C)(C)C(C)(C)C)c1nnn(C(F)F)n1. The van der Waals surface area contributed by atoms with Crippen molar-refractivity contribution in [2.45, 2.75) is 77.7 Å². The Morgan fingerprint density at radius 3 is 2.33 bits per heavy atom. The summed E-state index contributed by atoms with van der Waals surface area (Å²) in [6.45, 7) is 10.2. The number of pyridine rings is 1. The Bertz CT molecular complexity index is 1580. The highest BCUT2D eigenvalue weighted by molar-refractivity contribution is 6.74. The van der Waals surface area contributed by atoms with Gasteiger partial charge in [0.25, 0.3) is 0 Å². The Labute approximate surface area is 242 Å². The summed E-state index contributed by atoms with van der Waals surface area (Å²) < 4.78 is 68.6. The molecule has 0 unspecified atom stereocenters. The molecule has 0 saturated carbocycles. The molecule has 4 rings (SSSR count). The number of rotatable bonds is 11. The summed E-state index contributed by atoms with van der Waals surface area (Å²) >= 11 is 0. The number of aromatic nitrogens is 6. The lowest BCUT2D eigenvalue weighted by Gasteiger charge is -2.39. The van der Waals surface area contributed by atoms with Crippen LogP contribution in [0.5, 0.6) is 5.75 Å². The quantitative estimate of drug-likeness (QED) is 0.110. The highest BCUT2D eigenvalue weighted by atomic mass is 28.4. The van der Waals surface area contributed by atoms with Gasteiger partial charge in [-0.1, -0.05) is 31.6 Å². The summed E-state index contributed by atoms with van der Waals surface area (Å²) in [6.07, 6.45) is 1.42. The number of aryl methyl sites for hydroxylation is 1. The van der Waals surface area contributed by atoms with E-state index >= 15 is 0 Å². The van der Waals surface area contributed by atoms with Crippen molar-refractivity contribution < 1.29 is 31.5 Å². The van der Waals surface area contributed by atoms with Crippen molar-refractivity contribution in [3.63, 3.8) is 0 Å². The first-order valence-electron chi connectivity index (χ1n) is 13.3. The molecule has 226 valence electrons. The maximum absolute atomic E-state index is 14.1. The Hall–Kier alpha value is -3.65. The number of halogens is 4. The largest absolute Gasteiger partial charge is 0.485 e. The van der Waals surface area contributed by atoms with Gasteiger partial charge in [0, 0.05) is 19.2 Å². The first-order valence-corrected chi connectivity index (χ1v) is 16.2. The van der Waals surface area contributed by atoms with Gasteiger partial charge in [-0.3, -0.25) is 9.20 Å². The van der Waals surface area contributed by atoms with Gasteiger partial charge in [-0.2, -0.15) is 8.78 Å². The number of hydrogen-bond acceptors (Lipinski definition) is 7. The van der Waals surface area contributed by atoms with E-state index in [1.54, 1.807) is 32.2 Å². The smallest absolute Gasteiger partial charge is 0.350 e. The van der Waals surface area contributed by atoms with Crippen LogP contribution in [0.4, 0.5) is 17.6 Å². The van der Waals surface area contributed by atoms with Crippen LogP contribution in [0.1, 0.15) is 68.2 Å². The molecule has 3 aromatic heterocycles. The zero-order valence-corrected chi connectivity index (χ0v) is 25.6. The number of imidazole rings is 1. The average molecular weight is 607 g/mol. The van der Waals surface area contributed by atoms with E-state index in [4.69, 9.17) is 9.16 Å². The molecule has 0 aliphatic rings. The summed E-state index contributed by atoms with van der Waals surface area (Å²) in [5.41, 5.74) is -0.554. The highest BCUT2D eigenvalue weighted by Crippen LogP contribution is 2.39. The van der Waals surface area contributed by atoms with E-state index in [0.717, 1.165) is 12.1 Å². The van der Waals surface area contributed by atoms with Gasteiger partial charge < -0.3 is 9.16 Å². The molecule has 0 bridgehead atoms. The highest BCUT2D eigenvalue weighted by Gasteiger charge is 2.43.